The fourth-order valence-corrected chi connectivity index (χ4v) is 3.98. The minimum absolute atomic E-state index is 0.371. The first-order valence-corrected chi connectivity index (χ1v) is 9.53. The summed E-state index contributed by atoms with van der Waals surface area (Å²) in [4.78, 5) is 15.5. The highest BCUT2D eigenvalue weighted by Gasteiger charge is 2.23. The molecule has 1 aliphatic carbocycles. The summed E-state index contributed by atoms with van der Waals surface area (Å²) in [6.07, 6.45) is 9.38. The average molecular weight is 353 g/mol. The lowest BCUT2D eigenvalue weighted by atomic mass is 9.78. The Morgan fingerprint density at radius 1 is 1.35 bits per heavy atom. The van der Waals surface area contributed by atoms with Crippen molar-refractivity contribution in [2.75, 3.05) is 6.61 Å². The van der Waals surface area contributed by atoms with E-state index in [0.29, 0.717) is 11.5 Å². The number of pyridine rings is 1. The van der Waals surface area contributed by atoms with Crippen molar-refractivity contribution in [2.45, 2.75) is 58.3 Å². The van der Waals surface area contributed by atoms with Gasteiger partial charge in [-0.15, -0.1) is 0 Å². The van der Waals surface area contributed by atoms with Gasteiger partial charge in [0.05, 0.1) is 12.2 Å². The van der Waals surface area contributed by atoms with Crippen molar-refractivity contribution in [2.24, 2.45) is 0 Å². The second-order valence-corrected chi connectivity index (χ2v) is 7.07. The molecule has 1 unspecified atom stereocenters. The second kappa shape index (κ2) is 8.35. The third kappa shape index (κ3) is 3.90. The number of ether oxygens (including phenoxy) is 1. The summed E-state index contributed by atoms with van der Waals surface area (Å²) >= 11 is 0. The molecule has 0 amide bonds. The SMILES string of the molecule is CCCOc1ccc2c(c1C)CCCC2CCc1cnccc1C(=O)O. The molecule has 138 valence electrons. The van der Waals surface area contributed by atoms with Crippen LogP contribution in [0.1, 0.15) is 71.1 Å². The van der Waals surface area contributed by atoms with Crippen molar-refractivity contribution in [3.8, 4) is 5.75 Å². The Morgan fingerprint density at radius 3 is 2.96 bits per heavy atom. The van der Waals surface area contributed by atoms with Crippen LogP contribution < -0.4 is 4.74 Å². The van der Waals surface area contributed by atoms with Crippen LogP contribution in [0.5, 0.6) is 5.75 Å². The molecule has 0 radical (unpaired) electrons. The number of carboxylic acid groups (broad SMARTS) is 1. The quantitative estimate of drug-likeness (QED) is 0.767. The number of carboxylic acids is 1. The molecule has 26 heavy (non-hydrogen) atoms. The third-order valence-corrected chi connectivity index (χ3v) is 5.36. The van der Waals surface area contributed by atoms with Gasteiger partial charge in [-0.25, -0.2) is 4.79 Å². The predicted octanol–water partition coefficient (Wildman–Crippen LogP) is 4.93. The Bertz CT molecular complexity index is 785. The van der Waals surface area contributed by atoms with Crippen LogP contribution in [-0.2, 0) is 12.8 Å². The minimum Gasteiger partial charge on any atom is -0.493 e. The van der Waals surface area contributed by atoms with Crippen LogP contribution in [-0.4, -0.2) is 22.7 Å². The van der Waals surface area contributed by atoms with Gasteiger partial charge in [-0.1, -0.05) is 13.0 Å². The van der Waals surface area contributed by atoms with Gasteiger partial charge in [0.1, 0.15) is 5.75 Å². The molecule has 0 spiro atoms. The van der Waals surface area contributed by atoms with E-state index in [4.69, 9.17) is 4.74 Å². The van der Waals surface area contributed by atoms with E-state index < -0.39 is 5.97 Å². The summed E-state index contributed by atoms with van der Waals surface area (Å²) in [6.45, 7) is 5.03. The van der Waals surface area contributed by atoms with Gasteiger partial charge in [0.15, 0.2) is 0 Å². The van der Waals surface area contributed by atoms with Crippen LogP contribution in [0.3, 0.4) is 0 Å². The monoisotopic (exact) mass is 353 g/mol. The molecule has 2 aromatic rings. The van der Waals surface area contributed by atoms with Gasteiger partial charge < -0.3 is 9.84 Å². The average Bonchev–Trinajstić information content (AvgIpc) is 2.66. The van der Waals surface area contributed by atoms with E-state index in [1.165, 1.54) is 23.1 Å². The molecule has 1 N–H and O–H groups in total. The predicted molar refractivity (Wildman–Crippen MR) is 102 cm³/mol. The van der Waals surface area contributed by atoms with Gasteiger partial charge >= 0.3 is 5.97 Å². The summed E-state index contributed by atoms with van der Waals surface area (Å²) < 4.78 is 5.89. The Hall–Kier alpha value is -2.36. The number of rotatable bonds is 7. The van der Waals surface area contributed by atoms with Crippen molar-refractivity contribution in [3.63, 3.8) is 0 Å². The molecule has 3 rings (SSSR count). The maximum absolute atomic E-state index is 11.4. The zero-order valence-corrected chi connectivity index (χ0v) is 15.6. The number of nitrogens with zero attached hydrogens (tertiary/aromatic N) is 1. The number of hydrogen-bond donors (Lipinski definition) is 1. The number of benzene rings is 1. The molecule has 1 aromatic heterocycles. The van der Waals surface area contributed by atoms with Crippen LogP contribution in [0.25, 0.3) is 0 Å². The van der Waals surface area contributed by atoms with Crippen molar-refractivity contribution >= 4 is 5.97 Å². The first kappa shape index (κ1) is 18.4. The number of hydrogen-bond acceptors (Lipinski definition) is 3. The molecule has 1 heterocycles. The second-order valence-electron chi connectivity index (χ2n) is 7.07. The topological polar surface area (TPSA) is 59.4 Å². The highest BCUT2D eigenvalue weighted by atomic mass is 16.5. The number of fused-ring (bicyclic) bond motifs is 1. The smallest absolute Gasteiger partial charge is 0.336 e. The summed E-state index contributed by atoms with van der Waals surface area (Å²) in [7, 11) is 0. The molecule has 4 nitrogen and oxygen atoms in total. The minimum atomic E-state index is -0.875. The molecule has 1 aromatic carbocycles. The van der Waals surface area contributed by atoms with E-state index in [1.807, 2.05) is 0 Å². The van der Waals surface area contributed by atoms with E-state index in [1.54, 1.807) is 18.5 Å². The molecular formula is C22H27NO3. The van der Waals surface area contributed by atoms with Crippen molar-refractivity contribution in [3.05, 3.63) is 58.4 Å². The van der Waals surface area contributed by atoms with E-state index in [9.17, 15) is 9.90 Å². The highest BCUT2D eigenvalue weighted by molar-refractivity contribution is 5.89. The van der Waals surface area contributed by atoms with Gasteiger partial charge in [-0.05, 0) is 85.8 Å². The van der Waals surface area contributed by atoms with E-state index in [2.05, 4.69) is 31.0 Å². The molecule has 0 fully saturated rings. The summed E-state index contributed by atoms with van der Waals surface area (Å²) in [5.41, 5.74) is 5.31. The molecule has 1 atom stereocenters. The van der Waals surface area contributed by atoms with Crippen molar-refractivity contribution in [1.29, 1.82) is 0 Å². The Morgan fingerprint density at radius 2 is 2.19 bits per heavy atom. The Balaban J connectivity index is 1.78. The van der Waals surface area contributed by atoms with E-state index >= 15 is 0 Å². The molecule has 4 heteroatoms. The Labute approximate surface area is 155 Å². The van der Waals surface area contributed by atoms with Gasteiger partial charge in [-0.2, -0.15) is 0 Å². The van der Waals surface area contributed by atoms with E-state index in [0.717, 1.165) is 50.0 Å². The summed E-state index contributed by atoms with van der Waals surface area (Å²) in [5.74, 6) is 0.603. The maximum atomic E-state index is 11.4. The Kier molecular flexibility index (Phi) is 5.92. The van der Waals surface area contributed by atoms with Gasteiger partial charge in [-0.3, -0.25) is 4.98 Å². The van der Waals surface area contributed by atoms with Crippen molar-refractivity contribution in [1.82, 2.24) is 4.98 Å². The van der Waals surface area contributed by atoms with Gasteiger partial charge in [0.25, 0.3) is 0 Å². The van der Waals surface area contributed by atoms with Crippen LogP contribution in [0.15, 0.2) is 30.6 Å². The molecule has 0 saturated heterocycles. The number of aromatic nitrogens is 1. The fourth-order valence-electron chi connectivity index (χ4n) is 3.98. The maximum Gasteiger partial charge on any atom is 0.336 e. The van der Waals surface area contributed by atoms with Crippen LogP contribution in [0, 0.1) is 6.92 Å². The molecular weight excluding hydrogens is 326 g/mol. The zero-order chi connectivity index (χ0) is 18.5. The van der Waals surface area contributed by atoms with E-state index in [-0.39, 0.29) is 0 Å². The van der Waals surface area contributed by atoms with Gasteiger partial charge in [0.2, 0.25) is 0 Å². The normalized spacial score (nSPS) is 16.2. The van der Waals surface area contributed by atoms with Crippen molar-refractivity contribution < 1.29 is 14.6 Å². The summed E-state index contributed by atoms with van der Waals surface area (Å²) in [6, 6.07) is 5.92. The number of aromatic carboxylic acids is 1. The number of aryl methyl sites for hydroxylation is 1. The highest BCUT2D eigenvalue weighted by Crippen LogP contribution is 2.39. The van der Waals surface area contributed by atoms with Crippen LogP contribution in [0.4, 0.5) is 0 Å². The first-order chi connectivity index (χ1) is 12.6. The van der Waals surface area contributed by atoms with Crippen LogP contribution >= 0.6 is 0 Å². The zero-order valence-electron chi connectivity index (χ0n) is 15.6. The molecule has 0 aliphatic heterocycles. The largest absolute Gasteiger partial charge is 0.493 e. The lowest BCUT2D eigenvalue weighted by molar-refractivity contribution is 0.0695. The van der Waals surface area contributed by atoms with Gasteiger partial charge in [0, 0.05) is 12.4 Å². The molecule has 0 bridgehead atoms. The van der Waals surface area contributed by atoms with Crippen LogP contribution in [0.2, 0.25) is 0 Å². The molecule has 1 aliphatic rings. The number of carbonyl (C=O) groups is 1. The fraction of sp³-hybridized carbons (Fsp3) is 0.455. The lowest BCUT2D eigenvalue weighted by Crippen LogP contribution is -2.14. The molecule has 0 saturated carbocycles. The summed E-state index contributed by atoms with van der Waals surface area (Å²) in [5, 5.41) is 9.36. The standard InChI is InChI=1S/C22H27NO3/c1-3-13-26-21-10-9-19-16(5-4-6-18(19)15(21)2)7-8-17-14-23-12-11-20(17)22(24)25/h9-12,14,16H,3-8,13H2,1-2H3,(H,24,25). The lowest BCUT2D eigenvalue weighted by Gasteiger charge is -2.28. The third-order valence-electron chi connectivity index (χ3n) is 5.36. The first-order valence-electron chi connectivity index (χ1n) is 9.53.